The van der Waals surface area contributed by atoms with Crippen molar-refractivity contribution in [2.45, 2.75) is 160 Å². The summed E-state index contributed by atoms with van der Waals surface area (Å²) in [7, 11) is 0. The number of hydrogen-bond acceptors (Lipinski definition) is 10. The van der Waals surface area contributed by atoms with Crippen LogP contribution in [0.5, 0.6) is 0 Å². The number of esters is 1. The van der Waals surface area contributed by atoms with E-state index < -0.39 is 49.2 Å². The Kier molecular flexibility index (Phi) is 13.9. The Hall–Kier alpha value is -1.14. The Labute approximate surface area is 220 Å². The first-order valence-electron chi connectivity index (χ1n) is 13.8. The molecule has 0 aromatic heterocycles. The fraction of sp³-hybridized carbons (Fsp3) is 0.926. The van der Waals surface area contributed by atoms with Gasteiger partial charge >= 0.3 is 5.97 Å². The lowest BCUT2D eigenvalue weighted by atomic mass is 10.0. The van der Waals surface area contributed by atoms with E-state index >= 15 is 0 Å². The highest BCUT2D eigenvalue weighted by Gasteiger charge is 2.38. The summed E-state index contributed by atoms with van der Waals surface area (Å²) in [5, 5.41) is 30.3. The normalized spacial score (nSPS) is 34.1. The van der Waals surface area contributed by atoms with Gasteiger partial charge in [0.05, 0.1) is 30.5 Å². The molecule has 0 spiro atoms. The summed E-state index contributed by atoms with van der Waals surface area (Å²) >= 11 is 0. The zero-order valence-corrected chi connectivity index (χ0v) is 23.0. The molecule has 2 rings (SSSR count). The molecule has 2 aliphatic heterocycles. The minimum atomic E-state index is -0.896. The quantitative estimate of drug-likeness (QED) is 0.213. The number of hydrogen-bond donors (Lipinski definition) is 3. The zero-order valence-electron chi connectivity index (χ0n) is 23.0. The van der Waals surface area contributed by atoms with Crippen molar-refractivity contribution in [3.8, 4) is 0 Å². The fourth-order valence-electron chi connectivity index (χ4n) is 4.59. The summed E-state index contributed by atoms with van der Waals surface area (Å²) in [5.74, 6) is -0.159. The second kappa shape index (κ2) is 16.1. The molecule has 2 aliphatic rings. The van der Waals surface area contributed by atoms with Crippen LogP contribution in [0, 0.1) is 0 Å². The minimum absolute atomic E-state index is 0.118. The van der Waals surface area contributed by atoms with Gasteiger partial charge in [0.1, 0.15) is 24.1 Å². The van der Waals surface area contributed by atoms with Gasteiger partial charge in [0.15, 0.2) is 12.6 Å². The predicted octanol–water partition coefficient (Wildman–Crippen LogP) is 2.77. The zero-order chi connectivity index (χ0) is 27.5. The van der Waals surface area contributed by atoms with Gasteiger partial charge in [0.25, 0.3) is 0 Å². The van der Waals surface area contributed by atoms with Crippen LogP contribution in [-0.4, -0.2) is 88.5 Å². The first-order chi connectivity index (χ1) is 17.5. The van der Waals surface area contributed by atoms with Crippen molar-refractivity contribution in [2.24, 2.45) is 0 Å². The van der Waals surface area contributed by atoms with E-state index in [-0.39, 0.29) is 43.2 Å². The molecule has 4 unspecified atom stereocenters. The Balaban J connectivity index is 1.61. The van der Waals surface area contributed by atoms with Crippen LogP contribution in [0.1, 0.15) is 98.8 Å². The molecular formula is C27H48O10. The lowest BCUT2D eigenvalue weighted by molar-refractivity contribution is -0.276. The number of carbonyl (C=O) groups excluding carboxylic acids is 2. The van der Waals surface area contributed by atoms with Crippen molar-refractivity contribution in [1.29, 1.82) is 0 Å². The van der Waals surface area contributed by atoms with Gasteiger partial charge in [-0.15, -0.1) is 0 Å². The van der Waals surface area contributed by atoms with Crippen LogP contribution in [0.15, 0.2) is 0 Å². The Morgan fingerprint density at radius 2 is 1.30 bits per heavy atom. The molecule has 0 bridgehead atoms. The summed E-state index contributed by atoms with van der Waals surface area (Å²) in [6.07, 6.45) is 0.130. The van der Waals surface area contributed by atoms with E-state index in [1.165, 1.54) is 0 Å². The maximum Gasteiger partial charge on any atom is 0.306 e. The monoisotopic (exact) mass is 532 g/mol. The van der Waals surface area contributed by atoms with Gasteiger partial charge in [-0.25, -0.2) is 0 Å². The summed E-state index contributed by atoms with van der Waals surface area (Å²) in [6, 6.07) is 0. The van der Waals surface area contributed by atoms with Gasteiger partial charge in [-0.05, 0) is 60.3 Å². The summed E-state index contributed by atoms with van der Waals surface area (Å²) in [4.78, 5) is 23.4. The number of Topliss-reactive ketones (excluding diaryl/α,β-unsaturated/α-hetero) is 1. The van der Waals surface area contributed by atoms with E-state index in [9.17, 15) is 24.9 Å². The third-order valence-electron chi connectivity index (χ3n) is 6.99. The molecule has 0 aromatic rings. The van der Waals surface area contributed by atoms with E-state index in [1.807, 2.05) is 13.8 Å². The van der Waals surface area contributed by atoms with E-state index in [0.717, 1.165) is 25.7 Å². The van der Waals surface area contributed by atoms with Crippen LogP contribution >= 0.6 is 0 Å². The highest BCUT2D eigenvalue weighted by Crippen LogP contribution is 2.26. The average Bonchev–Trinajstić information content (AvgIpc) is 2.81. The smallest absolute Gasteiger partial charge is 0.306 e. The number of aliphatic hydroxyl groups excluding tert-OH is 3. The molecule has 0 aromatic carbocycles. The molecule has 216 valence electrons. The number of ether oxygens (including phenoxy) is 5. The minimum Gasteiger partial charge on any atom is -0.459 e. The summed E-state index contributed by atoms with van der Waals surface area (Å²) < 4.78 is 28.6. The molecule has 0 amide bonds. The third-order valence-corrected chi connectivity index (χ3v) is 6.99. The van der Waals surface area contributed by atoms with E-state index in [0.29, 0.717) is 19.3 Å². The van der Waals surface area contributed by atoms with Gasteiger partial charge in [-0.2, -0.15) is 0 Å². The summed E-state index contributed by atoms with van der Waals surface area (Å²) in [5.41, 5.74) is 0. The Morgan fingerprint density at radius 3 is 1.86 bits per heavy atom. The van der Waals surface area contributed by atoms with Crippen molar-refractivity contribution in [2.75, 3.05) is 0 Å². The van der Waals surface area contributed by atoms with Crippen molar-refractivity contribution >= 4 is 11.8 Å². The molecule has 37 heavy (non-hydrogen) atoms. The van der Waals surface area contributed by atoms with Crippen LogP contribution in [0.4, 0.5) is 0 Å². The van der Waals surface area contributed by atoms with Crippen LogP contribution in [0.25, 0.3) is 0 Å². The van der Waals surface area contributed by atoms with Crippen molar-refractivity contribution in [3.63, 3.8) is 0 Å². The van der Waals surface area contributed by atoms with E-state index in [1.54, 1.807) is 20.8 Å². The largest absolute Gasteiger partial charge is 0.459 e. The molecule has 2 heterocycles. The van der Waals surface area contributed by atoms with Crippen LogP contribution in [0.2, 0.25) is 0 Å². The number of unbranched alkanes of at least 4 members (excludes halogenated alkanes) is 2. The third kappa shape index (κ3) is 11.6. The predicted molar refractivity (Wildman–Crippen MR) is 135 cm³/mol. The van der Waals surface area contributed by atoms with Crippen LogP contribution < -0.4 is 0 Å². The van der Waals surface area contributed by atoms with Gasteiger partial charge < -0.3 is 43.8 Å². The first kappa shape index (κ1) is 32.1. The van der Waals surface area contributed by atoms with Gasteiger partial charge in [-0.1, -0.05) is 12.8 Å². The first-order valence-corrected chi connectivity index (χ1v) is 13.8. The van der Waals surface area contributed by atoms with Gasteiger partial charge in [-0.3, -0.25) is 4.79 Å². The average molecular weight is 533 g/mol. The number of ketones is 1. The number of aliphatic hydroxyl groups is 3. The maximum atomic E-state index is 12.4. The molecule has 0 aliphatic carbocycles. The van der Waals surface area contributed by atoms with Crippen LogP contribution in [-0.2, 0) is 33.3 Å². The topological polar surface area (TPSA) is 141 Å². The molecule has 2 fully saturated rings. The molecule has 0 radical (unpaired) electrons. The van der Waals surface area contributed by atoms with Crippen molar-refractivity contribution < 1.29 is 48.6 Å². The summed E-state index contributed by atoms with van der Waals surface area (Å²) in [6.45, 7) is 8.94. The Bertz CT molecular complexity index is 688. The number of rotatable bonds is 15. The highest BCUT2D eigenvalue weighted by molar-refractivity contribution is 5.75. The second-order valence-electron chi connectivity index (χ2n) is 10.7. The van der Waals surface area contributed by atoms with Gasteiger partial charge in [0.2, 0.25) is 0 Å². The van der Waals surface area contributed by atoms with Crippen LogP contribution in [0.3, 0.4) is 0 Å². The Morgan fingerprint density at radius 1 is 0.784 bits per heavy atom. The lowest BCUT2D eigenvalue weighted by Gasteiger charge is -2.38. The molecule has 10 atom stereocenters. The second-order valence-corrected chi connectivity index (χ2v) is 10.7. The molecular weight excluding hydrogens is 484 g/mol. The van der Waals surface area contributed by atoms with E-state index in [4.69, 9.17) is 23.7 Å². The SMILES string of the molecule is CC(=O)CCCC[C@@H](C)O[C@@H]1OC(C)[C@H](OC(=O)CCCC[C@@H](C)O[C@@H]2OC(C)[C@H](O)CC2O)CC1O. The van der Waals surface area contributed by atoms with Crippen molar-refractivity contribution in [3.05, 3.63) is 0 Å². The van der Waals surface area contributed by atoms with E-state index in [2.05, 4.69) is 0 Å². The van der Waals surface area contributed by atoms with Crippen molar-refractivity contribution in [1.82, 2.24) is 0 Å². The molecule has 10 heteroatoms. The highest BCUT2D eigenvalue weighted by atomic mass is 16.7. The maximum absolute atomic E-state index is 12.4. The molecule has 3 N–H and O–H groups in total. The lowest BCUT2D eigenvalue weighted by Crippen LogP contribution is -2.49. The molecule has 2 saturated heterocycles. The molecule has 0 saturated carbocycles. The number of carbonyl (C=O) groups is 2. The van der Waals surface area contributed by atoms with Gasteiger partial charge in [0, 0.05) is 25.7 Å². The standard InChI is InChI=1S/C27H48O10/c1-16(28)10-6-7-11-17(2)34-27-23(31)15-24(20(5)36-27)37-25(32)13-9-8-12-18(3)33-26-22(30)14-21(29)19(4)35-26/h17-24,26-27,29-31H,6-15H2,1-5H3/t17-,18-,19?,20?,21-,22?,23?,24-,26-,27-/m1/s1. The molecule has 10 nitrogen and oxygen atoms in total. The fourth-order valence-corrected chi connectivity index (χ4v) is 4.59.